The van der Waals surface area contributed by atoms with Gasteiger partial charge in [-0.2, -0.15) is 0 Å². The molecule has 29 heavy (non-hydrogen) atoms. The molecule has 1 atom stereocenters. The fraction of sp³-hybridized carbons (Fsp3) is 0.250. The van der Waals surface area contributed by atoms with Crippen molar-refractivity contribution in [2.24, 2.45) is 0 Å². The van der Waals surface area contributed by atoms with Crippen molar-refractivity contribution in [3.63, 3.8) is 0 Å². The zero-order valence-electron chi connectivity index (χ0n) is 16.9. The lowest BCUT2D eigenvalue weighted by Crippen LogP contribution is -2.31. The van der Waals surface area contributed by atoms with Crippen LogP contribution in [0.3, 0.4) is 0 Å². The van der Waals surface area contributed by atoms with Crippen molar-refractivity contribution in [3.8, 4) is 0 Å². The number of sulfonamides is 1. The third-order valence-electron chi connectivity index (χ3n) is 5.63. The summed E-state index contributed by atoms with van der Waals surface area (Å²) in [6.45, 7) is 6.65. The molecule has 0 amide bonds. The van der Waals surface area contributed by atoms with Gasteiger partial charge >= 0.3 is 0 Å². The second kappa shape index (κ2) is 7.23. The van der Waals surface area contributed by atoms with Gasteiger partial charge in [0, 0.05) is 11.4 Å². The summed E-state index contributed by atoms with van der Waals surface area (Å²) < 4.78 is 28.1. The van der Waals surface area contributed by atoms with Gasteiger partial charge in [-0.3, -0.25) is 4.72 Å². The van der Waals surface area contributed by atoms with Crippen molar-refractivity contribution >= 4 is 21.4 Å². The minimum absolute atomic E-state index is 0.0246. The topological polar surface area (TPSA) is 58.2 Å². The Hall–Kier alpha value is -2.79. The predicted octanol–water partition coefficient (Wildman–Crippen LogP) is 5.63. The van der Waals surface area contributed by atoms with E-state index in [0.717, 1.165) is 12.0 Å². The number of anilines is 2. The third-order valence-corrected chi connectivity index (χ3v) is 7.03. The van der Waals surface area contributed by atoms with Crippen LogP contribution in [0.1, 0.15) is 43.0 Å². The molecule has 0 fully saturated rings. The molecule has 150 valence electrons. The summed E-state index contributed by atoms with van der Waals surface area (Å²) in [6.07, 6.45) is 0.929. The number of aryl methyl sites for hydroxylation is 1. The summed E-state index contributed by atoms with van der Waals surface area (Å²) in [6, 6.07) is 22.6. The molecule has 5 heteroatoms. The lowest BCUT2D eigenvalue weighted by atomic mass is 9.73. The Labute approximate surface area is 173 Å². The van der Waals surface area contributed by atoms with Gasteiger partial charge < -0.3 is 5.32 Å². The molecule has 4 rings (SSSR count). The highest BCUT2D eigenvalue weighted by Crippen LogP contribution is 2.45. The number of benzene rings is 3. The van der Waals surface area contributed by atoms with Gasteiger partial charge in [0.2, 0.25) is 0 Å². The molecule has 4 nitrogen and oxygen atoms in total. The highest BCUT2D eigenvalue weighted by atomic mass is 32.2. The molecule has 1 unspecified atom stereocenters. The Balaban J connectivity index is 1.64. The average Bonchev–Trinajstić information content (AvgIpc) is 2.69. The normalized spacial score (nSPS) is 17.8. The first-order valence-electron chi connectivity index (χ1n) is 9.81. The van der Waals surface area contributed by atoms with E-state index >= 15 is 0 Å². The quantitative estimate of drug-likeness (QED) is 0.590. The number of rotatable bonds is 4. The van der Waals surface area contributed by atoms with Gasteiger partial charge in [0.25, 0.3) is 10.0 Å². The predicted molar refractivity (Wildman–Crippen MR) is 119 cm³/mol. The molecule has 0 saturated heterocycles. The van der Waals surface area contributed by atoms with Crippen molar-refractivity contribution in [1.29, 1.82) is 0 Å². The van der Waals surface area contributed by atoms with Gasteiger partial charge in [-0.25, -0.2) is 8.42 Å². The van der Waals surface area contributed by atoms with Crippen LogP contribution in [-0.2, 0) is 15.4 Å². The standard InChI is InChI=1S/C24H26N2O2S/c1-17-9-7-14-21-23(17)25-22(16-24(21,2)3)18-10-8-11-19(15-18)26-29(27,28)20-12-5-4-6-13-20/h4-15,22,25-26H,16H2,1-3H3. The van der Waals surface area contributed by atoms with E-state index in [-0.39, 0.29) is 16.4 Å². The van der Waals surface area contributed by atoms with Gasteiger partial charge in [-0.1, -0.05) is 62.4 Å². The SMILES string of the molecule is Cc1cccc2c1NC(c1cccc(NS(=O)(=O)c3ccccc3)c1)CC2(C)C. The number of hydrogen-bond donors (Lipinski definition) is 2. The molecule has 1 heterocycles. The van der Waals surface area contributed by atoms with Crippen molar-refractivity contribution in [2.75, 3.05) is 10.0 Å². The van der Waals surface area contributed by atoms with Crippen molar-refractivity contribution in [2.45, 2.75) is 43.5 Å². The maximum Gasteiger partial charge on any atom is 0.261 e. The molecule has 0 saturated carbocycles. The zero-order valence-corrected chi connectivity index (χ0v) is 17.8. The van der Waals surface area contributed by atoms with Gasteiger partial charge in [0.05, 0.1) is 10.9 Å². The molecular weight excluding hydrogens is 380 g/mol. The van der Waals surface area contributed by atoms with E-state index in [1.807, 2.05) is 12.1 Å². The Bertz CT molecular complexity index is 1140. The van der Waals surface area contributed by atoms with Crippen LogP contribution >= 0.6 is 0 Å². The smallest absolute Gasteiger partial charge is 0.261 e. The Morgan fingerprint density at radius 1 is 0.966 bits per heavy atom. The van der Waals surface area contributed by atoms with Crippen molar-refractivity contribution < 1.29 is 8.42 Å². The van der Waals surface area contributed by atoms with E-state index in [9.17, 15) is 8.42 Å². The molecule has 3 aromatic rings. The number of para-hydroxylation sites is 1. The van der Waals surface area contributed by atoms with E-state index < -0.39 is 10.0 Å². The third kappa shape index (κ3) is 3.87. The minimum Gasteiger partial charge on any atom is -0.378 e. The fourth-order valence-corrected chi connectivity index (χ4v) is 5.17. The lowest BCUT2D eigenvalue weighted by Gasteiger charge is -2.39. The second-order valence-electron chi connectivity index (χ2n) is 8.33. The van der Waals surface area contributed by atoms with Gasteiger partial charge in [-0.15, -0.1) is 0 Å². The molecule has 0 spiro atoms. The maximum absolute atomic E-state index is 12.7. The molecule has 1 aliphatic heterocycles. The molecule has 0 aliphatic carbocycles. The number of nitrogens with one attached hydrogen (secondary N) is 2. The van der Waals surface area contributed by atoms with Gasteiger partial charge in [0.1, 0.15) is 0 Å². The highest BCUT2D eigenvalue weighted by Gasteiger charge is 2.34. The average molecular weight is 407 g/mol. The zero-order chi connectivity index (χ0) is 20.6. The van der Waals surface area contributed by atoms with E-state index in [1.165, 1.54) is 16.8 Å². The largest absolute Gasteiger partial charge is 0.378 e. The molecule has 0 radical (unpaired) electrons. The Morgan fingerprint density at radius 2 is 1.69 bits per heavy atom. The van der Waals surface area contributed by atoms with E-state index in [1.54, 1.807) is 36.4 Å². The van der Waals surface area contributed by atoms with Crippen LogP contribution < -0.4 is 10.0 Å². The molecule has 1 aliphatic rings. The molecule has 2 N–H and O–H groups in total. The van der Waals surface area contributed by atoms with E-state index in [4.69, 9.17) is 0 Å². The highest BCUT2D eigenvalue weighted by molar-refractivity contribution is 7.92. The molecule has 0 aromatic heterocycles. The van der Waals surface area contributed by atoms with Gasteiger partial charge in [0.15, 0.2) is 0 Å². The second-order valence-corrected chi connectivity index (χ2v) is 10.0. The monoisotopic (exact) mass is 406 g/mol. The van der Waals surface area contributed by atoms with Crippen LogP contribution in [0.15, 0.2) is 77.7 Å². The van der Waals surface area contributed by atoms with Crippen LogP contribution in [0.4, 0.5) is 11.4 Å². The summed E-state index contributed by atoms with van der Waals surface area (Å²) in [7, 11) is -3.61. The number of hydrogen-bond acceptors (Lipinski definition) is 3. The summed E-state index contributed by atoms with van der Waals surface area (Å²) in [5.74, 6) is 0. The lowest BCUT2D eigenvalue weighted by molar-refractivity contribution is 0.427. The first-order chi connectivity index (χ1) is 13.8. The maximum atomic E-state index is 12.7. The summed E-state index contributed by atoms with van der Waals surface area (Å²) >= 11 is 0. The molecule has 0 bridgehead atoms. The minimum atomic E-state index is -3.61. The summed E-state index contributed by atoms with van der Waals surface area (Å²) in [4.78, 5) is 0.256. The van der Waals surface area contributed by atoms with Crippen LogP contribution in [0, 0.1) is 6.92 Å². The van der Waals surface area contributed by atoms with Crippen LogP contribution in [0.2, 0.25) is 0 Å². The van der Waals surface area contributed by atoms with E-state index in [0.29, 0.717) is 5.69 Å². The Kier molecular flexibility index (Phi) is 4.87. The van der Waals surface area contributed by atoms with Crippen LogP contribution in [0.25, 0.3) is 0 Å². The Morgan fingerprint density at radius 3 is 2.45 bits per heavy atom. The van der Waals surface area contributed by atoms with Crippen LogP contribution in [-0.4, -0.2) is 8.42 Å². The van der Waals surface area contributed by atoms with Gasteiger partial charge in [-0.05, 0) is 59.7 Å². The molecule has 3 aromatic carbocycles. The van der Waals surface area contributed by atoms with Crippen molar-refractivity contribution in [1.82, 2.24) is 0 Å². The first-order valence-corrected chi connectivity index (χ1v) is 11.3. The van der Waals surface area contributed by atoms with Crippen LogP contribution in [0.5, 0.6) is 0 Å². The summed E-state index contributed by atoms with van der Waals surface area (Å²) in [5.41, 5.74) is 5.40. The molecular formula is C24H26N2O2S. The van der Waals surface area contributed by atoms with E-state index in [2.05, 4.69) is 55.1 Å². The van der Waals surface area contributed by atoms with Crippen molar-refractivity contribution in [3.05, 3.63) is 89.5 Å². The fourth-order valence-electron chi connectivity index (χ4n) is 4.10. The summed E-state index contributed by atoms with van der Waals surface area (Å²) in [5, 5.41) is 3.68. The number of fused-ring (bicyclic) bond motifs is 1. The first kappa shape index (κ1) is 19.5.